The molecule has 0 radical (unpaired) electrons. The highest BCUT2D eigenvalue weighted by Crippen LogP contribution is 2.20. The van der Waals surface area contributed by atoms with Crippen molar-refractivity contribution >= 4 is 23.5 Å². The second-order valence-electron chi connectivity index (χ2n) is 4.76. The first-order valence-corrected chi connectivity index (χ1v) is 6.17. The van der Waals surface area contributed by atoms with Crippen molar-refractivity contribution in [3.8, 4) is 0 Å². The lowest BCUT2D eigenvalue weighted by Crippen LogP contribution is -2.25. The van der Waals surface area contributed by atoms with E-state index in [1.54, 1.807) is 14.2 Å². The van der Waals surface area contributed by atoms with Gasteiger partial charge in [0.2, 0.25) is 17.2 Å². The van der Waals surface area contributed by atoms with Crippen LogP contribution in [0.25, 0.3) is 0 Å². The van der Waals surface area contributed by atoms with Crippen LogP contribution >= 0.6 is 11.6 Å². The molecule has 18 heavy (non-hydrogen) atoms. The first kappa shape index (κ1) is 14.9. The minimum absolute atomic E-state index is 0.0922. The van der Waals surface area contributed by atoms with Crippen LogP contribution in [-0.4, -0.2) is 42.3 Å². The van der Waals surface area contributed by atoms with E-state index in [4.69, 9.17) is 16.3 Å². The Morgan fingerprint density at radius 1 is 1.22 bits per heavy atom. The predicted octanol–water partition coefficient (Wildman–Crippen LogP) is 2.04. The van der Waals surface area contributed by atoms with Crippen LogP contribution in [0.1, 0.15) is 20.3 Å². The van der Waals surface area contributed by atoms with E-state index in [0.29, 0.717) is 11.9 Å². The van der Waals surface area contributed by atoms with Gasteiger partial charge in [-0.05, 0) is 23.4 Å². The van der Waals surface area contributed by atoms with E-state index in [-0.39, 0.29) is 10.7 Å². The molecule has 0 spiro atoms. The molecule has 0 aliphatic heterocycles. The van der Waals surface area contributed by atoms with Crippen LogP contribution in [0.4, 0.5) is 11.9 Å². The number of anilines is 2. The first-order chi connectivity index (χ1) is 8.46. The van der Waals surface area contributed by atoms with Gasteiger partial charge in [0.25, 0.3) is 0 Å². The number of aromatic nitrogens is 3. The quantitative estimate of drug-likeness (QED) is 0.792. The molecule has 0 aliphatic carbocycles. The lowest BCUT2D eigenvalue weighted by atomic mass is 9.90. The van der Waals surface area contributed by atoms with Crippen LogP contribution in [-0.2, 0) is 4.74 Å². The van der Waals surface area contributed by atoms with Crippen molar-refractivity contribution in [2.75, 3.05) is 37.9 Å². The summed E-state index contributed by atoms with van der Waals surface area (Å²) in [5.41, 5.74) is 0.0922. The zero-order chi connectivity index (χ0) is 13.6. The molecule has 0 aliphatic rings. The molecule has 0 unspecified atom stereocenters. The van der Waals surface area contributed by atoms with Gasteiger partial charge in [-0.25, -0.2) is 0 Å². The Balaban J connectivity index is 2.59. The molecule has 0 bridgehead atoms. The Kier molecular flexibility index (Phi) is 5.55. The maximum atomic E-state index is 5.80. The van der Waals surface area contributed by atoms with Gasteiger partial charge in [0.15, 0.2) is 0 Å². The van der Waals surface area contributed by atoms with Crippen LogP contribution in [0, 0.1) is 5.41 Å². The number of methoxy groups -OCH3 is 1. The third-order valence-corrected chi connectivity index (χ3v) is 2.71. The van der Waals surface area contributed by atoms with E-state index >= 15 is 0 Å². The molecule has 0 saturated heterocycles. The van der Waals surface area contributed by atoms with Gasteiger partial charge in [-0.15, -0.1) is 0 Å². The molecule has 102 valence electrons. The number of hydrogen-bond donors (Lipinski definition) is 2. The van der Waals surface area contributed by atoms with Gasteiger partial charge in [-0.3, -0.25) is 0 Å². The predicted molar refractivity (Wildman–Crippen MR) is 73.1 cm³/mol. The Labute approximate surface area is 113 Å². The molecule has 1 rings (SSSR count). The molecule has 6 nitrogen and oxygen atoms in total. The zero-order valence-corrected chi connectivity index (χ0v) is 12.0. The van der Waals surface area contributed by atoms with Crippen molar-refractivity contribution in [2.24, 2.45) is 5.41 Å². The summed E-state index contributed by atoms with van der Waals surface area (Å²) in [6, 6.07) is 0. The van der Waals surface area contributed by atoms with Gasteiger partial charge in [-0.2, -0.15) is 15.0 Å². The molecular weight excluding hydrogens is 254 g/mol. The summed E-state index contributed by atoms with van der Waals surface area (Å²) in [5.74, 6) is 0.928. The van der Waals surface area contributed by atoms with Crippen molar-refractivity contribution < 1.29 is 4.74 Å². The Morgan fingerprint density at radius 2 is 1.89 bits per heavy atom. The number of ether oxygens (including phenoxy) is 1. The minimum atomic E-state index is 0.0922. The molecule has 1 aromatic rings. The maximum Gasteiger partial charge on any atom is 0.228 e. The summed E-state index contributed by atoms with van der Waals surface area (Å²) in [5, 5.41) is 6.17. The van der Waals surface area contributed by atoms with E-state index in [1.807, 2.05) is 0 Å². The van der Waals surface area contributed by atoms with Gasteiger partial charge >= 0.3 is 0 Å². The molecule has 0 fully saturated rings. The smallest absolute Gasteiger partial charge is 0.228 e. The SMILES string of the molecule is CNc1nc(Cl)nc(NCC(C)(C)CCOC)n1. The second-order valence-corrected chi connectivity index (χ2v) is 5.10. The van der Waals surface area contributed by atoms with Gasteiger partial charge in [0.05, 0.1) is 0 Å². The summed E-state index contributed by atoms with van der Waals surface area (Å²) in [6.07, 6.45) is 0.953. The molecule has 0 aromatic carbocycles. The van der Waals surface area contributed by atoms with E-state index in [9.17, 15) is 0 Å². The van der Waals surface area contributed by atoms with Crippen molar-refractivity contribution in [1.82, 2.24) is 15.0 Å². The fraction of sp³-hybridized carbons (Fsp3) is 0.727. The number of halogens is 1. The molecule has 7 heteroatoms. The number of nitrogens with one attached hydrogen (secondary N) is 2. The monoisotopic (exact) mass is 273 g/mol. The first-order valence-electron chi connectivity index (χ1n) is 5.79. The van der Waals surface area contributed by atoms with E-state index < -0.39 is 0 Å². The number of hydrogen-bond acceptors (Lipinski definition) is 6. The van der Waals surface area contributed by atoms with Gasteiger partial charge in [0.1, 0.15) is 0 Å². The van der Waals surface area contributed by atoms with Gasteiger partial charge in [0, 0.05) is 27.3 Å². The lowest BCUT2D eigenvalue weighted by molar-refractivity contribution is 0.157. The highest BCUT2D eigenvalue weighted by atomic mass is 35.5. The van der Waals surface area contributed by atoms with Crippen molar-refractivity contribution in [3.63, 3.8) is 0 Å². The van der Waals surface area contributed by atoms with Gasteiger partial charge < -0.3 is 15.4 Å². The topological polar surface area (TPSA) is 72.0 Å². The second kappa shape index (κ2) is 6.70. The molecule has 0 saturated carbocycles. The molecule has 0 atom stereocenters. The van der Waals surface area contributed by atoms with E-state index in [2.05, 4.69) is 39.4 Å². The zero-order valence-electron chi connectivity index (χ0n) is 11.2. The fourth-order valence-electron chi connectivity index (χ4n) is 1.33. The van der Waals surface area contributed by atoms with Gasteiger partial charge in [-0.1, -0.05) is 13.8 Å². The fourth-order valence-corrected chi connectivity index (χ4v) is 1.49. The number of nitrogens with zero attached hydrogens (tertiary/aromatic N) is 3. The lowest BCUT2D eigenvalue weighted by Gasteiger charge is -2.24. The van der Waals surface area contributed by atoms with Crippen LogP contribution in [0.2, 0.25) is 5.28 Å². The van der Waals surface area contributed by atoms with Crippen LogP contribution in [0.3, 0.4) is 0 Å². The van der Waals surface area contributed by atoms with Crippen molar-refractivity contribution in [1.29, 1.82) is 0 Å². The molecule has 1 heterocycles. The highest BCUT2D eigenvalue weighted by molar-refractivity contribution is 6.28. The third-order valence-electron chi connectivity index (χ3n) is 2.54. The summed E-state index contributed by atoms with van der Waals surface area (Å²) in [4.78, 5) is 12.1. The van der Waals surface area contributed by atoms with E-state index in [0.717, 1.165) is 19.6 Å². The standard InChI is InChI=1S/C11H20ClN5O/c1-11(2,5-6-18-4)7-14-10-16-8(12)15-9(13-3)17-10/h5-7H2,1-4H3,(H2,13,14,15,16,17). The van der Waals surface area contributed by atoms with Crippen molar-refractivity contribution in [3.05, 3.63) is 5.28 Å². The van der Waals surface area contributed by atoms with Crippen LogP contribution < -0.4 is 10.6 Å². The van der Waals surface area contributed by atoms with Crippen LogP contribution in [0.15, 0.2) is 0 Å². The largest absolute Gasteiger partial charge is 0.385 e. The minimum Gasteiger partial charge on any atom is -0.385 e. The summed E-state index contributed by atoms with van der Waals surface area (Å²) >= 11 is 5.80. The molecular formula is C11H20ClN5O. The number of rotatable bonds is 7. The summed E-state index contributed by atoms with van der Waals surface area (Å²) in [7, 11) is 3.44. The maximum absolute atomic E-state index is 5.80. The summed E-state index contributed by atoms with van der Waals surface area (Å²) < 4.78 is 5.09. The van der Waals surface area contributed by atoms with E-state index in [1.165, 1.54) is 0 Å². The van der Waals surface area contributed by atoms with Crippen LogP contribution in [0.5, 0.6) is 0 Å². The summed E-state index contributed by atoms with van der Waals surface area (Å²) in [6.45, 7) is 5.77. The normalized spacial score (nSPS) is 11.4. The molecule has 1 aromatic heterocycles. The average Bonchev–Trinajstić information content (AvgIpc) is 2.33. The van der Waals surface area contributed by atoms with Crippen molar-refractivity contribution in [2.45, 2.75) is 20.3 Å². The molecule has 0 amide bonds. The Morgan fingerprint density at radius 3 is 2.50 bits per heavy atom. The Hall–Kier alpha value is -1.14. The molecule has 2 N–H and O–H groups in total. The highest BCUT2D eigenvalue weighted by Gasteiger charge is 2.18. The third kappa shape index (κ3) is 5.01. The Bertz CT molecular complexity index is 386. The average molecular weight is 274 g/mol.